The Morgan fingerprint density at radius 3 is 2.22 bits per heavy atom. The number of aromatic carboxylic acids is 1. The van der Waals surface area contributed by atoms with Crippen LogP contribution in [0.3, 0.4) is 0 Å². The number of esters is 1. The molecule has 0 unspecified atom stereocenters. The molecule has 0 spiro atoms. The molecular formula is C17H16O6. The third-order valence-electron chi connectivity index (χ3n) is 3.42. The molecule has 6 nitrogen and oxygen atoms in total. The Kier molecular flexibility index (Phi) is 4.55. The van der Waals surface area contributed by atoms with Gasteiger partial charge in [0, 0.05) is 0 Å². The second kappa shape index (κ2) is 6.39. The lowest BCUT2D eigenvalue weighted by molar-refractivity contribution is 0.0679. The molecule has 2 rings (SSSR count). The molecular weight excluding hydrogens is 300 g/mol. The fourth-order valence-corrected chi connectivity index (χ4v) is 2.25. The minimum Gasteiger partial charge on any atom is -0.504 e. The topological polar surface area (TPSA) is 93.1 Å². The fraction of sp³-hybridized carbons (Fsp3) is 0.176. The first-order chi connectivity index (χ1) is 10.9. The molecule has 0 fully saturated rings. The second-order valence-corrected chi connectivity index (χ2v) is 4.95. The number of benzene rings is 2. The molecule has 0 heterocycles. The Hall–Kier alpha value is -3.02. The van der Waals surface area contributed by atoms with E-state index < -0.39 is 17.7 Å². The van der Waals surface area contributed by atoms with Crippen LogP contribution in [-0.4, -0.2) is 29.3 Å². The molecule has 0 amide bonds. The molecule has 0 aliphatic carbocycles. The largest absolute Gasteiger partial charge is 0.504 e. The van der Waals surface area contributed by atoms with Crippen LogP contribution in [0, 0.1) is 13.8 Å². The van der Waals surface area contributed by atoms with Crippen LogP contribution in [0.15, 0.2) is 30.3 Å². The summed E-state index contributed by atoms with van der Waals surface area (Å²) in [4.78, 5) is 23.6. The van der Waals surface area contributed by atoms with Crippen LogP contribution >= 0.6 is 0 Å². The number of ether oxygens (including phenoxy) is 2. The molecule has 0 radical (unpaired) electrons. The van der Waals surface area contributed by atoms with Crippen LogP contribution in [0.1, 0.15) is 31.8 Å². The Morgan fingerprint density at radius 1 is 0.957 bits per heavy atom. The van der Waals surface area contributed by atoms with Crippen molar-refractivity contribution in [2.75, 3.05) is 7.11 Å². The van der Waals surface area contributed by atoms with Crippen LogP contribution < -0.4 is 9.47 Å². The van der Waals surface area contributed by atoms with E-state index in [9.17, 15) is 14.7 Å². The van der Waals surface area contributed by atoms with Crippen molar-refractivity contribution in [2.45, 2.75) is 13.8 Å². The van der Waals surface area contributed by atoms with Gasteiger partial charge >= 0.3 is 11.9 Å². The van der Waals surface area contributed by atoms with Crippen molar-refractivity contribution in [3.63, 3.8) is 0 Å². The van der Waals surface area contributed by atoms with Gasteiger partial charge in [-0.05, 0) is 37.1 Å². The van der Waals surface area contributed by atoms with Crippen molar-refractivity contribution >= 4 is 11.9 Å². The predicted octanol–water partition coefficient (Wildman–Crippen LogP) is 2.94. The van der Waals surface area contributed by atoms with Gasteiger partial charge in [-0.3, -0.25) is 0 Å². The summed E-state index contributed by atoms with van der Waals surface area (Å²) in [6.07, 6.45) is 0. The number of carboxylic acids is 1. The number of rotatable bonds is 4. The van der Waals surface area contributed by atoms with E-state index in [0.29, 0.717) is 16.9 Å². The average Bonchev–Trinajstić information content (AvgIpc) is 2.49. The van der Waals surface area contributed by atoms with Gasteiger partial charge in [-0.15, -0.1) is 0 Å². The molecule has 2 aromatic carbocycles. The number of carbonyl (C=O) groups is 2. The van der Waals surface area contributed by atoms with E-state index in [2.05, 4.69) is 0 Å². The highest BCUT2D eigenvalue weighted by Gasteiger charge is 2.22. The quantitative estimate of drug-likeness (QED) is 0.665. The van der Waals surface area contributed by atoms with Gasteiger partial charge in [-0.2, -0.15) is 0 Å². The molecule has 2 aromatic rings. The first-order valence-electron chi connectivity index (χ1n) is 6.78. The number of hydrogen-bond donors (Lipinski definition) is 2. The molecule has 120 valence electrons. The van der Waals surface area contributed by atoms with Crippen molar-refractivity contribution in [2.24, 2.45) is 0 Å². The predicted molar refractivity (Wildman–Crippen MR) is 82.5 cm³/mol. The van der Waals surface area contributed by atoms with Crippen molar-refractivity contribution in [3.8, 4) is 17.2 Å². The van der Waals surface area contributed by atoms with E-state index >= 15 is 0 Å². The van der Waals surface area contributed by atoms with E-state index in [1.807, 2.05) is 0 Å². The Balaban J connectivity index is 2.43. The van der Waals surface area contributed by atoms with Gasteiger partial charge in [0.15, 0.2) is 11.5 Å². The van der Waals surface area contributed by atoms with Crippen molar-refractivity contribution in [1.82, 2.24) is 0 Å². The van der Waals surface area contributed by atoms with E-state index in [1.165, 1.54) is 19.2 Å². The Labute approximate surface area is 132 Å². The highest BCUT2D eigenvalue weighted by atomic mass is 16.5. The van der Waals surface area contributed by atoms with Gasteiger partial charge in [0.2, 0.25) is 0 Å². The number of hydrogen-bond acceptors (Lipinski definition) is 5. The zero-order valence-electron chi connectivity index (χ0n) is 12.9. The van der Waals surface area contributed by atoms with E-state index in [4.69, 9.17) is 14.6 Å². The number of methoxy groups -OCH3 is 1. The van der Waals surface area contributed by atoms with E-state index in [0.717, 1.165) is 0 Å². The van der Waals surface area contributed by atoms with Crippen molar-refractivity contribution in [1.29, 1.82) is 0 Å². The van der Waals surface area contributed by atoms with Crippen molar-refractivity contribution in [3.05, 3.63) is 52.6 Å². The lowest BCUT2D eigenvalue weighted by atomic mass is 10.1. The summed E-state index contributed by atoms with van der Waals surface area (Å²) < 4.78 is 10.3. The summed E-state index contributed by atoms with van der Waals surface area (Å²) in [5.74, 6) is -2.51. The molecule has 0 atom stereocenters. The lowest BCUT2D eigenvalue weighted by Crippen LogP contribution is -2.13. The van der Waals surface area contributed by atoms with Crippen LogP contribution in [0.25, 0.3) is 0 Å². The third-order valence-corrected chi connectivity index (χ3v) is 3.42. The highest BCUT2D eigenvalue weighted by Crippen LogP contribution is 2.34. The van der Waals surface area contributed by atoms with Crippen LogP contribution in [0.5, 0.6) is 17.2 Å². The van der Waals surface area contributed by atoms with Crippen LogP contribution in [0.2, 0.25) is 0 Å². The molecule has 0 saturated carbocycles. The normalized spacial score (nSPS) is 10.2. The zero-order chi connectivity index (χ0) is 17.1. The number of phenols is 1. The van der Waals surface area contributed by atoms with Gasteiger partial charge in [0.1, 0.15) is 16.9 Å². The third kappa shape index (κ3) is 3.11. The zero-order valence-corrected chi connectivity index (χ0v) is 12.9. The average molecular weight is 316 g/mol. The number of aromatic hydroxyl groups is 1. The summed E-state index contributed by atoms with van der Waals surface area (Å²) >= 11 is 0. The molecule has 23 heavy (non-hydrogen) atoms. The minimum atomic E-state index is -1.30. The molecule has 6 heteroatoms. The van der Waals surface area contributed by atoms with Crippen LogP contribution in [-0.2, 0) is 0 Å². The van der Waals surface area contributed by atoms with Gasteiger partial charge in [0.05, 0.1) is 7.11 Å². The maximum atomic E-state index is 12.4. The van der Waals surface area contributed by atoms with Gasteiger partial charge in [-0.25, -0.2) is 9.59 Å². The smallest absolute Gasteiger partial charge is 0.347 e. The second-order valence-electron chi connectivity index (χ2n) is 4.95. The first kappa shape index (κ1) is 16.4. The molecule has 2 N–H and O–H groups in total. The van der Waals surface area contributed by atoms with Gasteiger partial charge in [0.25, 0.3) is 0 Å². The summed E-state index contributed by atoms with van der Waals surface area (Å²) in [6, 6.07) is 7.87. The lowest BCUT2D eigenvalue weighted by Gasteiger charge is -2.13. The fourth-order valence-electron chi connectivity index (χ4n) is 2.25. The monoisotopic (exact) mass is 316 g/mol. The molecule has 0 aliphatic rings. The molecule has 0 bridgehead atoms. The first-order valence-corrected chi connectivity index (χ1v) is 6.78. The van der Waals surface area contributed by atoms with Crippen LogP contribution in [0.4, 0.5) is 0 Å². The summed E-state index contributed by atoms with van der Waals surface area (Å²) in [6.45, 7) is 3.26. The van der Waals surface area contributed by atoms with Crippen molar-refractivity contribution < 1.29 is 29.3 Å². The Morgan fingerprint density at radius 2 is 1.61 bits per heavy atom. The summed E-state index contributed by atoms with van der Waals surface area (Å²) in [5, 5.41) is 19.2. The maximum absolute atomic E-state index is 12.4. The summed E-state index contributed by atoms with van der Waals surface area (Å²) in [5.41, 5.74) is 0.918. The SMILES string of the molecule is COc1cccc(C)c1C(=O)Oc1ccc(C)c(C(=O)O)c1O. The maximum Gasteiger partial charge on any atom is 0.347 e. The molecule has 0 aliphatic heterocycles. The summed E-state index contributed by atoms with van der Waals surface area (Å²) in [7, 11) is 1.43. The number of carbonyl (C=O) groups excluding carboxylic acids is 1. The number of carboxylic acid groups (broad SMARTS) is 1. The van der Waals surface area contributed by atoms with E-state index in [-0.39, 0.29) is 16.9 Å². The van der Waals surface area contributed by atoms with Gasteiger partial charge in [-0.1, -0.05) is 18.2 Å². The van der Waals surface area contributed by atoms with Gasteiger partial charge < -0.3 is 19.7 Å². The molecule has 0 saturated heterocycles. The van der Waals surface area contributed by atoms with E-state index in [1.54, 1.807) is 32.0 Å². The standard InChI is InChI=1S/C17H16O6/c1-9-5-4-6-11(22-3)13(9)17(21)23-12-8-7-10(2)14(15(12)18)16(19)20/h4-8,18H,1-3H3,(H,19,20). The Bertz CT molecular complexity index is 779. The minimum absolute atomic E-state index is 0.215. The molecule has 0 aromatic heterocycles. The highest BCUT2D eigenvalue weighted by molar-refractivity contribution is 5.97. The number of aryl methyl sites for hydroxylation is 2.